The van der Waals surface area contributed by atoms with Crippen LogP contribution in [0.2, 0.25) is 0 Å². The molecule has 5 rings (SSSR count). The highest BCUT2D eigenvalue weighted by atomic mass is 32.1. The van der Waals surface area contributed by atoms with Crippen molar-refractivity contribution in [2.75, 3.05) is 31.1 Å². The minimum absolute atomic E-state index is 0.706. The van der Waals surface area contributed by atoms with Gasteiger partial charge in [0.25, 0.3) is 0 Å². The monoisotopic (exact) mass is 477 g/mol. The van der Waals surface area contributed by atoms with E-state index in [0.29, 0.717) is 6.67 Å². The zero-order valence-electron chi connectivity index (χ0n) is 18.5. The van der Waals surface area contributed by atoms with Crippen LogP contribution in [-0.2, 0) is 26.1 Å². The predicted octanol–water partition coefficient (Wildman–Crippen LogP) is 3.88. The average Bonchev–Trinajstić information content (AvgIpc) is 3.48. The minimum atomic E-state index is 0.706. The molecule has 33 heavy (non-hydrogen) atoms. The molecule has 0 unspecified atom stereocenters. The maximum atomic E-state index is 5.90. The van der Waals surface area contributed by atoms with Gasteiger partial charge in [-0.2, -0.15) is 5.10 Å². The Hall–Kier alpha value is -2.88. The first-order valence-electron chi connectivity index (χ1n) is 11.2. The van der Waals surface area contributed by atoms with Crippen molar-refractivity contribution in [1.29, 1.82) is 0 Å². The molecule has 0 radical (unpaired) electrons. The summed E-state index contributed by atoms with van der Waals surface area (Å²) in [7, 11) is 0. The van der Waals surface area contributed by atoms with Gasteiger partial charge in [-0.05, 0) is 41.7 Å². The molecule has 7 nitrogen and oxygen atoms in total. The van der Waals surface area contributed by atoms with Gasteiger partial charge in [0.15, 0.2) is 4.77 Å². The number of anilines is 1. The van der Waals surface area contributed by atoms with Crippen LogP contribution >= 0.6 is 23.6 Å². The van der Waals surface area contributed by atoms with Crippen LogP contribution in [0.15, 0.2) is 66.3 Å². The number of benzene rings is 1. The Balaban J connectivity index is 1.30. The number of rotatable bonds is 8. The van der Waals surface area contributed by atoms with Crippen LogP contribution < -0.4 is 4.90 Å². The highest BCUT2D eigenvalue weighted by molar-refractivity contribution is 7.71. The number of hydrogen-bond donors (Lipinski definition) is 0. The molecular formula is C24H27N7S2. The van der Waals surface area contributed by atoms with Crippen molar-refractivity contribution in [3.63, 3.8) is 0 Å². The lowest BCUT2D eigenvalue weighted by atomic mass is 10.1. The molecule has 0 amide bonds. The second-order valence-corrected chi connectivity index (χ2v) is 9.53. The fraction of sp³-hybridized carbons (Fsp3) is 0.333. The van der Waals surface area contributed by atoms with Crippen molar-refractivity contribution in [2.24, 2.45) is 0 Å². The fourth-order valence-electron chi connectivity index (χ4n) is 4.12. The molecule has 0 saturated carbocycles. The average molecular weight is 478 g/mol. The summed E-state index contributed by atoms with van der Waals surface area (Å²) >= 11 is 7.67. The van der Waals surface area contributed by atoms with E-state index in [-0.39, 0.29) is 0 Å². The summed E-state index contributed by atoms with van der Waals surface area (Å²) in [6.07, 6.45) is 5.34. The lowest BCUT2D eigenvalue weighted by Crippen LogP contribution is -2.47. The van der Waals surface area contributed by atoms with E-state index in [1.807, 2.05) is 10.7 Å². The van der Waals surface area contributed by atoms with Crippen LogP contribution in [-0.4, -0.2) is 55.4 Å². The lowest BCUT2D eigenvalue weighted by Gasteiger charge is -2.34. The SMILES string of the molecule is S=c1n(CN2CCN(c3ncccn3)CC2)nc(Cc2cccs2)n1CCc1ccccc1. The van der Waals surface area contributed by atoms with Crippen molar-refractivity contribution < 1.29 is 0 Å². The maximum absolute atomic E-state index is 5.90. The van der Waals surface area contributed by atoms with Crippen LogP contribution in [0.25, 0.3) is 0 Å². The molecule has 0 bridgehead atoms. The molecule has 0 spiro atoms. The third-order valence-corrected chi connectivity index (χ3v) is 7.23. The highest BCUT2D eigenvalue weighted by Gasteiger charge is 2.20. The van der Waals surface area contributed by atoms with E-state index in [4.69, 9.17) is 17.3 Å². The van der Waals surface area contributed by atoms with Crippen LogP contribution in [0.1, 0.15) is 16.3 Å². The quantitative estimate of drug-likeness (QED) is 0.359. The van der Waals surface area contributed by atoms with Gasteiger partial charge in [0.05, 0.1) is 6.67 Å². The van der Waals surface area contributed by atoms with Gasteiger partial charge in [-0.1, -0.05) is 36.4 Å². The fourth-order valence-corrected chi connectivity index (χ4v) is 5.12. The topological polar surface area (TPSA) is 55.0 Å². The van der Waals surface area contributed by atoms with Crippen LogP contribution in [0.3, 0.4) is 0 Å². The van der Waals surface area contributed by atoms with Crippen molar-refractivity contribution >= 4 is 29.5 Å². The second-order valence-electron chi connectivity index (χ2n) is 8.14. The van der Waals surface area contributed by atoms with Crippen molar-refractivity contribution in [3.05, 3.63) is 87.3 Å². The van der Waals surface area contributed by atoms with Gasteiger partial charge in [0.2, 0.25) is 5.95 Å². The van der Waals surface area contributed by atoms with Crippen molar-refractivity contribution in [1.82, 2.24) is 29.2 Å². The van der Waals surface area contributed by atoms with E-state index in [0.717, 1.165) is 62.1 Å². The molecule has 4 heterocycles. The van der Waals surface area contributed by atoms with Crippen LogP contribution in [0.5, 0.6) is 0 Å². The summed E-state index contributed by atoms with van der Waals surface area (Å²) in [5.74, 6) is 1.84. The van der Waals surface area contributed by atoms with E-state index in [1.165, 1.54) is 10.4 Å². The van der Waals surface area contributed by atoms with Gasteiger partial charge < -0.3 is 9.47 Å². The van der Waals surface area contributed by atoms with Crippen molar-refractivity contribution in [3.8, 4) is 0 Å². The molecule has 4 aromatic rings. The normalized spacial score (nSPS) is 14.6. The number of piperazine rings is 1. The molecule has 9 heteroatoms. The molecule has 1 aliphatic rings. The lowest BCUT2D eigenvalue weighted by molar-refractivity contribution is 0.193. The number of thiophene rings is 1. The van der Waals surface area contributed by atoms with Crippen molar-refractivity contribution in [2.45, 2.75) is 26.1 Å². The largest absolute Gasteiger partial charge is 0.338 e. The van der Waals surface area contributed by atoms with Crippen LogP contribution in [0.4, 0.5) is 5.95 Å². The van der Waals surface area contributed by atoms with Crippen LogP contribution in [0, 0.1) is 4.77 Å². The van der Waals surface area contributed by atoms with Gasteiger partial charge in [0, 0.05) is 56.4 Å². The van der Waals surface area contributed by atoms with Gasteiger partial charge in [-0.25, -0.2) is 14.6 Å². The van der Waals surface area contributed by atoms with Gasteiger partial charge in [-0.3, -0.25) is 4.90 Å². The number of aryl methyl sites for hydroxylation is 1. The molecule has 170 valence electrons. The summed E-state index contributed by atoms with van der Waals surface area (Å²) in [5, 5.41) is 7.09. The van der Waals surface area contributed by atoms with E-state index < -0.39 is 0 Å². The Kier molecular flexibility index (Phi) is 6.89. The number of aromatic nitrogens is 5. The molecule has 0 N–H and O–H groups in total. The number of hydrogen-bond acceptors (Lipinski definition) is 7. The predicted molar refractivity (Wildman–Crippen MR) is 134 cm³/mol. The van der Waals surface area contributed by atoms with E-state index in [2.05, 4.69) is 72.2 Å². The molecule has 1 fully saturated rings. The summed E-state index contributed by atoms with van der Waals surface area (Å²) < 4.78 is 5.01. The Morgan fingerprint density at radius 2 is 1.70 bits per heavy atom. The molecule has 1 aliphatic heterocycles. The molecule has 0 aliphatic carbocycles. The molecule has 0 atom stereocenters. The highest BCUT2D eigenvalue weighted by Crippen LogP contribution is 2.17. The Labute approximate surface area is 203 Å². The van der Waals surface area contributed by atoms with E-state index in [1.54, 1.807) is 23.7 Å². The van der Waals surface area contributed by atoms with Gasteiger partial charge >= 0.3 is 0 Å². The summed E-state index contributed by atoms with van der Waals surface area (Å²) in [6.45, 7) is 5.19. The molecular weight excluding hydrogens is 450 g/mol. The summed E-state index contributed by atoms with van der Waals surface area (Å²) in [6, 6.07) is 16.7. The summed E-state index contributed by atoms with van der Waals surface area (Å²) in [5.41, 5.74) is 1.31. The van der Waals surface area contributed by atoms with Gasteiger partial charge in [-0.15, -0.1) is 11.3 Å². The van der Waals surface area contributed by atoms with Gasteiger partial charge in [0.1, 0.15) is 5.82 Å². The van der Waals surface area contributed by atoms with E-state index in [9.17, 15) is 0 Å². The number of nitrogens with zero attached hydrogens (tertiary/aromatic N) is 7. The first-order chi connectivity index (χ1) is 16.3. The molecule has 3 aromatic heterocycles. The Bertz CT molecular complexity index is 1190. The Morgan fingerprint density at radius 1 is 0.909 bits per heavy atom. The molecule has 1 aromatic carbocycles. The first kappa shape index (κ1) is 21.9. The minimum Gasteiger partial charge on any atom is -0.338 e. The summed E-state index contributed by atoms with van der Waals surface area (Å²) in [4.78, 5) is 14.7. The third-order valence-electron chi connectivity index (χ3n) is 5.92. The zero-order valence-corrected chi connectivity index (χ0v) is 20.1. The zero-order chi connectivity index (χ0) is 22.5. The molecule has 1 saturated heterocycles. The standard InChI is InChI=1S/C24H27N7S2/c32-24-30(12-9-20-6-2-1-3-7-20)22(18-21-8-4-17-33-21)27-31(24)19-28-13-15-29(16-14-28)23-25-10-5-11-26-23/h1-8,10-11,17H,9,12-16,18-19H2. The second kappa shape index (κ2) is 10.4. The Morgan fingerprint density at radius 3 is 2.42 bits per heavy atom. The smallest absolute Gasteiger partial charge is 0.225 e. The third kappa shape index (κ3) is 5.38. The van der Waals surface area contributed by atoms with E-state index >= 15 is 0 Å². The maximum Gasteiger partial charge on any atom is 0.225 e. The first-order valence-corrected chi connectivity index (χ1v) is 12.5.